The van der Waals surface area contributed by atoms with Crippen LogP contribution in [0.15, 0.2) is 28.7 Å². The summed E-state index contributed by atoms with van der Waals surface area (Å²) in [6.45, 7) is 4.46. The van der Waals surface area contributed by atoms with Gasteiger partial charge in [0.1, 0.15) is 0 Å². The molecule has 1 aromatic rings. The number of piperidine rings is 1. The molecule has 2 rings (SSSR count). The molecule has 0 radical (unpaired) electrons. The molecule has 0 spiro atoms. The Bertz CT molecular complexity index is 427. The van der Waals surface area contributed by atoms with Crippen LogP contribution >= 0.6 is 15.9 Å². The fourth-order valence-electron chi connectivity index (χ4n) is 3.22. The lowest BCUT2D eigenvalue weighted by Crippen LogP contribution is -2.47. The van der Waals surface area contributed by atoms with Crippen molar-refractivity contribution < 1.29 is 0 Å². The maximum Gasteiger partial charge on any atom is 0.0507 e. The van der Waals surface area contributed by atoms with Gasteiger partial charge in [0.25, 0.3) is 0 Å². The largest absolute Gasteiger partial charge is 0.326 e. The molecule has 1 aliphatic rings. The van der Waals surface area contributed by atoms with E-state index in [0.717, 1.165) is 4.47 Å². The minimum absolute atomic E-state index is 0.110. The third kappa shape index (κ3) is 3.61. The van der Waals surface area contributed by atoms with Crippen molar-refractivity contribution in [1.82, 2.24) is 9.80 Å². The quantitative estimate of drug-likeness (QED) is 0.915. The molecule has 1 saturated heterocycles. The Morgan fingerprint density at radius 2 is 1.90 bits per heavy atom. The van der Waals surface area contributed by atoms with Gasteiger partial charge in [0.2, 0.25) is 0 Å². The van der Waals surface area contributed by atoms with Crippen molar-refractivity contribution in [3.8, 4) is 0 Å². The molecule has 3 nitrogen and oxygen atoms in total. The molecule has 0 bridgehead atoms. The van der Waals surface area contributed by atoms with Crippen LogP contribution in [0.5, 0.6) is 0 Å². The van der Waals surface area contributed by atoms with Crippen molar-refractivity contribution >= 4 is 15.9 Å². The zero-order chi connectivity index (χ0) is 14.7. The van der Waals surface area contributed by atoms with Gasteiger partial charge in [-0.3, -0.25) is 4.90 Å². The number of hydrogen-bond donors (Lipinski definition) is 1. The Hall–Kier alpha value is -0.420. The van der Waals surface area contributed by atoms with Crippen LogP contribution in [-0.2, 0) is 0 Å². The van der Waals surface area contributed by atoms with Gasteiger partial charge in [-0.2, -0.15) is 0 Å². The first-order valence-corrected chi connectivity index (χ1v) is 8.20. The Labute approximate surface area is 131 Å². The van der Waals surface area contributed by atoms with Crippen LogP contribution in [0.4, 0.5) is 0 Å². The third-order valence-corrected chi connectivity index (χ3v) is 5.15. The van der Waals surface area contributed by atoms with Crippen molar-refractivity contribution in [2.75, 3.05) is 27.2 Å². The summed E-state index contributed by atoms with van der Waals surface area (Å²) in [6.07, 6.45) is 2.45. The zero-order valence-electron chi connectivity index (χ0n) is 12.7. The van der Waals surface area contributed by atoms with Crippen molar-refractivity contribution in [2.24, 2.45) is 5.73 Å². The Kier molecular flexibility index (Phi) is 5.61. The normalized spacial score (nSPS) is 21.1. The number of halogens is 1. The van der Waals surface area contributed by atoms with Gasteiger partial charge in [0.05, 0.1) is 6.04 Å². The van der Waals surface area contributed by atoms with Crippen LogP contribution < -0.4 is 5.73 Å². The number of likely N-dealkylation sites (N-methyl/N-ethyl adjacent to an activating group) is 1. The summed E-state index contributed by atoms with van der Waals surface area (Å²) >= 11 is 3.68. The summed E-state index contributed by atoms with van der Waals surface area (Å²) in [7, 11) is 4.43. The lowest BCUT2D eigenvalue weighted by molar-refractivity contribution is 0.0966. The fourth-order valence-corrected chi connectivity index (χ4v) is 3.74. The lowest BCUT2D eigenvalue weighted by atomic mass is 9.95. The van der Waals surface area contributed by atoms with Crippen LogP contribution in [0.3, 0.4) is 0 Å². The molecule has 1 fully saturated rings. The second-order valence-corrected chi connectivity index (χ2v) is 6.88. The highest BCUT2D eigenvalue weighted by Gasteiger charge is 2.29. The molecule has 4 heteroatoms. The molecule has 0 aromatic heterocycles. The van der Waals surface area contributed by atoms with Gasteiger partial charge in [0, 0.05) is 16.6 Å². The second kappa shape index (κ2) is 7.03. The first kappa shape index (κ1) is 16.0. The summed E-state index contributed by atoms with van der Waals surface area (Å²) in [4.78, 5) is 4.89. The molecule has 1 aliphatic heterocycles. The molecular formula is C16H26BrN3. The maximum atomic E-state index is 6.30. The highest BCUT2D eigenvalue weighted by atomic mass is 79.9. The van der Waals surface area contributed by atoms with Crippen LogP contribution in [0.2, 0.25) is 0 Å². The number of nitrogens with zero attached hydrogens (tertiary/aromatic N) is 2. The smallest absolute Gasteiger partial charge is 0.0507 e. The zero-order valence-corrected chi connectivity index (χ0v) is 14.3. The number of rotatable bonds is 4. The molecule has 0 aliphatic carbocycles. The van der Waals surface area contributed by atoms with Gasteiger partial charge in [-0.1, -0.05) is 34.1 Å². The van der Waals surface area contributed by atoms with E-state index < -0.39 is 0 Å². The standard InChI is InChI=1S/C16H26BrN3/c1-12(18)16(14-6-4-5-7-15(14)17)20(3)13-8-10-19(2)11-9-13/h4-7,12-13,16H,8-11,18H2,1-3H3. The number of likely N-dealkylation sites (tertiary alicyclic amines) is 1. The number of nitrogens with two attached hydrogens (primary N) is 1. The van der Waals surface area contributed by atoms with Crippen molar-refractivity contribution in [3.63, 3.8) is 0 Å². The molecular weight excluding hydrogens is 314 g/mol. The minimum Gasteiger partial charge on any atom is -0.326 e. The third-order valence-electron chi connectivity index (χ3n) is 4.42. The van der Waals surface area contributed by atoms with E-state index in [1.807, 2.05) is 0 Å². The Balaban J connectivity index is 2.18. The minimum atomic E-state index is 0.110. The molecule has 1 aromatic carbocycles. The van der Waals surface area contributed by atoms with E-state index in [-0.39, 0.29) is 12.1 Å². The van der Waals surface area contributed by atoms with Crippen LogP contribution in [0, 0.1) is 0 Å². The molecule has 112 valence electrons. The average molecular weight is 340 g/mol. The molecule has 0 amide bonds. The van der Waals surface area contributed by atoms with Gasteiger partial charge in [-0.25, -0.2) is 0 Å². The van der Waals surface area contributed by atoms with E-state index in [0.29, 0.717) is 6.04 Å². The highest BCUT2D eigenvalue weighted by molar-refractivity contribution is 9.10. The molecule has 2 atom stereocenters. The van der Waals surface area contributed by atoms with E-state index in [2.05, 4.69) is 71.0 Å². The van der Waals surface area contributed by atoms with Gasteiger partial charge in [0.15, 0.2) is 0 Å². The summed E-state index contributed by atoms with van der Waals surface area (Å²) in [6, 6.07) is 9.43. The highest BCUT2D eigenvalue weighted by Crippen LogP contribution is 2.32. The van der Waals surface area contributed by atoms with Gasteiger partial charge < -0.3 is 10.6 Å². The predicted molar refractivity (Wildman–Crippen MR) is 88.8 cm³/mol. The van der Waals surface area contributed by atoms with Crippen molar-refractivity contribution in [1.29, 1.82) is 0 Å². The first-order chi connectivity index (χ1) is 9.50. The van der Waals surface area contributed by atoms with E-state index in [9.17, 15) is 0 Å². The topological polar surface area (TPSA) is 32.5 Å². The average Bonchev–Trinajstić information content (AvgIpc) is 2.41. The predicted octanol–water partition coefficient (Wildman–Crippen LogP) is 2.86. The van der Waals surface area contributed by atoms with Crippen molar-refractivity contribution in [3.05, 3.63) is 34.3 Å². The second-order valence-electron chi connectivity index (χ2n) is 6.03. The van der Waals surface area contributed by atoms with Gasteiger partial charge in [-0.05, 0) is 58.6 Å². The van der Waals surface area contributed by atoms with Gasteiger partial charge in [-0.15, -0.1) is 0 Å². The monoisotopic (exact) mass is 339 g/mol. The van der Waals surface area contributed by atoms with E-state index >= 15 is 0 Å². The molecule has 1 heterocycles. The van der Waals surface area contributed by atoms with E-state index in [4.69, 9.17) is 5.73 Å². The first-order valence-electron chi connectivity index (χ1n) is 7.41. The Morgan fingerprint density at radius 3 is 2.45 bits per heavy atom. The Morgan fingerprint density at radius 1 is 1.30 bits per heavy atom. The van der Waals surface area contributed by atoms with Crippen LogP contribution in [0.25, 0.3) is 0 Å². The lowest BCUT2D eigenvalue weighted by Gasteiger charge is -2.41. The molecule has 2 N–H and O–H groups in total. The van der Waals surface area contributed by atoms with E-state index in [1.54, 1.807) is 0 Å². The van der Waals surface area contributed by atoms with Crippen molar-refractivity contribution in [2.45, 2.75) is 37.9 Å². The fraction of sp³-hybridized carbons (Fsp3) is 0.625. The number of benzene rings is 1. The van der Waals surface area contributed by atoms with E-state index in [1.165, 1.54) is 31.5 Å². The molecule has 2 unspecified atom stereocenters. The summed E-state index contributed by atoms with van der Waals surface area (Å²) in [5, 5.41) is 0. The van der Waals surface area contributed by atoms with Crippen LogP contribution in [-0.4, -0.2) is 49.1 Å². The van der Waals surface area contributed by atoms with Gasteiger partial charge >= 0.3 is 0 Å². The maximum absolute atomic E-state index is 6.30. The number of hydrogen-bond acceptors (Lipinski definition) is 3. The summed E-state index contributed by atoms with van der Waals surface area (Å²) in [5.41, 5.74) is 7.59. The SMILES string of the molecule is CC(N)C(c1ccccc1Br)N(C)C1CCN(C)CC1. The molecule has 0 saturated carbocycles. The molecule has 20 heavy (non-hydrogen) atoms. The van der Waals surface area contributed by atoms with Crippen LogP contribution in [0.1, 0.15) is 31.4 Å². The summed E-state index contributed by atoms with van der Waals surface area (Å²) < 4.78 is 1.15. The summed E-state index contributed by atoms with van der Waals surface area (Å²) in [5.74, 6) is 0.